The molecule has 0 aliphatic rings. The molecule has 0 saturated carbocycles. The third-order valence-electron chi connectivity index (χ3n) is 2.95. The van der Waals surface area contributed by atoms with Crippen molar-refractivity contribution in [2.45, 2.75) is 33.4 Å². The molecule has 18 heavy (non-hydrogen) atoms. The van der Waals surface area contributed by atoms with Gasteiger partial charge in [0.25, 0.3) is 0 Å². The van der Waals surface area contributed by atoms with Gasteiger partial charge in [-0.05, 0) is 32.4 Å². The van der Waals surface area contributed by atoms with Gasteiger partial charge in [-0.1, -0.05) is 0 Å². The standard InChI is InChI=1S/C13H18FN3O/c1-4-18-9(3)7-17-12-5-8(2)10(14)6-11(12)16-13(17)15/h5-6,9H,4,7H2,1-3H3,(H2,15,16). The molecule has 1 aromatic carbocycles. The summed E-state index contributed by atoms with van der Waals surface area (Å²) < 4.78 is 20.8. The van der Waals surface area contributed by atoms with Gasteiger partial charge in [0, 0.05) is 12.7 Å². The van der Waals surface area contributed by atoms with Gasteiger partial charge >= 0.3 is 0 Å². The highest BCUT2D eigenvalue weighted by molar-refractivity contribution is 5.79. The van der Waals surface area contributed by atoms with Gasteiger partial charge in [0.15, 0.2) is 0 Å². The molecule has 98 valence electrons. The van der Waals surface area contributed by atoms with Gasteiger partial charge in [-0.15, -0.1) is 0 Å². The largest absolute Gasteiger partial charge is 0.377 e. The minimum absolute atomic E-state index is 0.0417. The molecule has 0 saturated heterocycles. The fourth-order valence-electron chi connectivity index (χ4n) is 2.05. The van der Waals surface area contributed by atoms with Crippen LogP contribution in [-0.2, 0) is 11.3 Å². The van der Waals surface area contributed by atoms with Crippen LogP contribution in [0, 0.1) is 12.7 Å². The monoisotopic (exact) mass is 251 g/mol. The molecule has 0 aliphatic heterocycles. The molecule has 2 rings (SSSR count). The summed E-state index contributed by atoms with van der Waals surface area (Å²) in [6, 6.07) is 3.19. The van der Waals surface area contributed by atoms with Crippen molar-refractivity contribution in [1.29, 1.82) is 0 Å². The predicted molar refractivity (Wildman–Crippen MR) is 69.9 cm³/mol. The van der Waals surface area contributed by atoms with Gasteiger partial charge in [0.05, 0.1) is 23.7 Å². The molecular formula is C13H18FN3O. The molecule has 0 aliphatic carbocycles. The zero-order chi connectivity index (χ0) is 13.3. The number of halogens is 1. The third-order valence-corrected chi connectivity index (χ3v) is 2.95. The van der Waals surface area contributed by atoms with E-state index in [1.807, 2.05) is 18.4 Å². The minimum atomic E-state index is -0.259. The summed E-state index contributed by atoms with van der Waals surface area (Å²) in [4.78, 5) is 4.17. The Balaban J connectivity index is 2.43. The number of aromatic nitrogens is 2. The number of anilines is 1. The Hall–Kier alpha value is -1.62. The highest BCUT2D eigenvalue weighted by Crippen LogP contribution is 2.22. The molecule has 0 spiro atoms. The topological polar surface area (TPSA) is 53.1 Å². The molecule has 0 amide bonds. The second kappa shape index (κ2) is 4.94. The van der Waals surface area contributed by atoms with Gasteiger partial charge in [-0.3, -0.25) is 0 Å². The van der Waals surface area contributed by atoms with E-state index in [2.05, 4.69) is 4.98 Å². The molecule has 0 bridgehead atoms. The number of hydrogen-bond donors (Lipinski definition) is 1. The van der Waals surface area contributed by atoms with Crippen LogP contribution in [-0.4, -0.2) is 22.3 Å². The van der Waals surface area contributed by atoms with E-state index in [4.69, 9.17) is 10.5 Å². The van der Waals surface area contributed by atoms with Crippen molar-refractivity contribution in [3.05, 3.63) is 23.5 Å². The lowest BCUT2D eigenvalue weighted by Crippen LogP contribution is -2.17. The second-order valence-electron chi connectivity index (χ2n) is 4.44. The molecule has 2 N–H and O–H groups in total. The predicted octanol–water partition coefficient (Wildman–Crippen LogP) is 2.49. The van der Waals surface area contributed by atoms with E-state index in [0.29, 0.717) is 30.2 Å². The summed E-state index contributed by atoms with van der Waals surface area (Å²) in [5, 5.41) is 0. The van der Waals surface area contributed by atoms with Crippen molar-refractivity contribution in [3.8, 4) is 0 Å². The average molecular weight is 251 g/mol. The number of nitrogen functional groups attached to an aromatic ring is 1. The fourth-order valence-corrected chi connectivity index (χ4v) is 2.05. The van der Waals surface area contributed by atoms with Crippen LogP contribution in [0.15, 0.2) is 12.1 Å². The molecule has 2 aromatic rings. The number of ether oxygens (including phenoxy) is 1. The minimum Gasteiger partial charge on any atom is -0.377 e. The van der Waals surface area contributed by atoms with Gasteiger partial charge in [0.2, 0.25) is 5.95 Å². The third kappa shape index (κ3) is 2.31. The summed E-state index contributed by atoms with van der Waals surface area (Å²) >= 11 is 0. The van der Waals surface area contributed by atoms with Crippen LogP contribution in [0.1, 0.15) is 19.4 Å². The molecule has 1 aromatic heterocycles. The van der Waals surface area contributed by atoms with Crippen LogP contribution >= 0.6 is 0 Å². The van der Waals surface area contributed by atoms with Crippen molar-refractivity contribution in [2.75, 3.05) is 12.3 Å². The van der Waals surface area contributed by atoms with E-state index in [0.717, 1.165) is 5.52 Å². The zero-order valence-electron chi connectivity index (χ0n) is 10.9. The van der Waals surface area contributed by atoms with Crippen LogP contribution in [0.3, 0.4) is 0 Å². The number of nitrogens with zero attached hydrogens (tertiary/aromatic N) is 2. The number of imidazole rings is 1. The zero-order valence-corrected chi connectivity index (χ0v) is 10.9. The molecule has 5 heteroatoms. The Morgan fingerprint density at radius 2 is 2.22 bits per heavy atom. The molecule has 1 unspecified atom stereocenters. The number of aryl methyl sites for hydroxylation is 1. The van der Waals surface area contributed by atoms with Crippen LogP contribution in [0.2, 0.25) is 0 Å². The maximum atomic E-state index is 13.5. The van der Waals surface area contributed by atoms with Gasteiger partial charge in [0.1, 0.15) is 5.82 Å². The lowest BCUT2D eigenvalue weighted by Gasteiger charge is -2.14. The van der Waals surface area contributed by atoms with Crippen molar-refractivity contribution < 1.29 is 9.13 Å². The van der Waals surface area contributed by atoms with Gasteiger partial charge in [-0.2, -0.15) is 0 Å². The Morgan fingerprint density at radius 1 is 1.50 bits per heavy atom. The van der Waals surface area contributed by atoms with Crippen molar-refractivity contribution >= 4 is 17.0 Å². The number of nitrogens with two attached hydrogens (primary N) is 1. The number of hydrogen-bond acceptors (Lipinski definition) is 3. The molecule has 0 fully saturated rings. The first-order valence-corrected chi connectivity index (χ1v) is 6.06. The van der Waals surface area contributed by atoms with Gasteiger partial charge in [-0.25, -0.2) is 9.37 Å². The van der Waals surface area contributed by atoms with E-state index < -0.39 is 0 Å². The average Bonchev–Trinajstić information content (AvgIpc) is 2.57. The normalized spacial score (nSPS) is 13.1. The van der Waals surface area contributed by atoms with Crippen molar-refractivity contribution in [3.63, 3.8) is 0 Å². The first-order valence-electron chi connectivity index (χ1n) is 6.06. The quantitative estimate of drug-likeness (QED) is 0.908. The Kier molecular flexibility index (Phi) is 3.52. The summed E-state index contributed by atoms with van der Waals surface area (Å²) in [5.41, 5.74) is 7.89. The lowest BCUT2D eigenvalue weighted by molar-refractivity contribution is 0.0652. The van der Waals surface area contributed by atoms with E-state index in [1.54, 1.807) is 13.0 Å². The molecule has 1 heterocycles. The number of benzene rings is 1. The van der Waals surface area contributed by atoms with E-state index >= 15 is 0 Å². The smallest absolute Gasteiger partial charge is 0.201 e. The summed E-state index contributed by atoms with van der Waals surface area (Å²) in [6.07, 6.45) is 0.0417. The van der Waals surface area contributed by atoms with Crippen LogP contribution in [0.5, 0.6) is 0 Å². The number of fused-ring (bicyclic) bond motifs is 1. The van der Waals surface area contributed by atoms with Gasteiger partial charge < -0.3 is 15.0 Å². The molecule has 4 nitrogen and oxygen atoms in total. The lowest BCUT2D eigenvalue weighted by atomic mass is 10.2. The van der Waals surface area contributed by atoms with E-state index in [9.17, 15) is 4.39 Å². The fraction of sp³-hybridized carbons (Fsp3) is 0.462. The summed E-state index contributed by atoms with van der Waals surface area (Å²) in [7, 11) is 0. The van der Waals surface area contributed by atoms with Crippen molar-refractivity contribution in [1.82, 2.24) is 9.55 Å². The Morgan fingerprint density at radius 3 is 2.89 bits per heavy atom. The maximum Gasteiger partial charge on any atom is 0.201 e. The van der Waals surface area contributed by atoms with E-state index in [1.165, 1.54) is 6.07 Å². The van der Waals surface area contributed by atoms with Crippen LogP contribution in [0.4, 0.5) is 10.3 Å². The first-order chi connectivity index (χ1) is 8.52. The Bertz CT molecular complexity index is 565. The summed E-state index contributed by atoms with van der Waals surface area (Å²) in [6.45, 7) is 6.92. The first kappa shape index (κ1) is 12.8. The Labute approximate surface area is 106 Å². The van der Waals surface area contributed by atoms with Crippen LogP contribution in [0.25, 0.3) is 11.0 Å². The highest BCUT2D eigenvalue weighted by Gasteiger charge is 2.13. The molecule has 1 atom stereocenters. The van der Waals surface area contributed by atoms with Crippen LogP contribution < -0.4 is 5.73 Å². The van der Waals surface area contributed by atoms with E-state index in [-0.39, 0.29) is 11.9 Å². The maximum absolute atomic E-state index is 13.5. The summed E-state index contributed by atoms with van der Waals surface area (Å²) in [5.74, 6) is 0.131. The van der Waals surface area contributed by atoms with Crippen molar-refractivity contribution in [2.24, 2.45) is 0 Å². The second-order valence-corrected chi connectivity index (χ2v) is 4.44. The molecular weight excluding hydrogens is 233 g/mol. The molecule has 0 radical (unpaired) electrons. The SMILES string of the molecule is CCOC(C)Cn1c(N)nc2cc(F)c(C)cc21. The number of rotatable bonds is 4. The highest BCUT2D eigenvalue weighted by atomic mass is 19.1.